The van der Waals surface area contributed by atoms with Crippen LogP contribution in [0.25, 0.3) is 0 Å². The first-order chi connectivity index (χ1) is 10.7. The highest BCUT2D eigenvalue weighted by atomic mass is 16.5. The van der Waals surface area contributed by atoms with Crippen molar-refractivity contribution in [3.05, 3.63) is 35.9 Å². The van der Waals surface area contributed by atoms with E-state index in [2.05, 4.69) is 13.5 Å². The van der Waals surface area contributed by atoms with Gasteiger partial charge in [-0.3, -0.25) is 0 Å². The summed E-state index contributed by atoms with van der Waals surface area (Å²) < 4.78 is 16.1. The molecule has 0 radical (unpaired) electrons. The van der Waals surface area contributed by atoms with Crippen molar-refractivity contribution in [2.45, 2.75) is 39.5 Å². The Hall–Kier alpha value is -1.97. The Morgan fingerprint density at radius 3 is 2.64 bits per heavy atom. The monoisotopic (exact) mass is 306 g/mol. The zero-order valence-electron chi connectivity index (χ0n) is 13.8. The topological polar surface area (TPSA) is 44.8 Å². The molecule has 1 rings (SSSR count). The first kappa shape index (κ1) is 18.1. The van der Waals surface area contributed by atoms with Crippen LogP contribution < -0.4 is 9.47 Å². The molecular weight excluding hydrogens is 280 g/mol. The minimum absolute atomic E-state index is 0.327. The standard InChI is InChI=1S/C18H26O4/c1-5-8-9-10-14-12-15(20-4)13-16(22-11-6-2)17(14)18(19)21-7-3/h6,12-13H,2,5,7-11H2,1,3-4H3. The minimum Gasteiger partial charge on any atom is -0.497 e. The van der Waals surface area contributed by atoms with Crippen molar-refractivity contribution in [2.24, 2.45) is 0 Å². The molecule has 0 aromatic heterocycles. The molecule has 0 heterocycles. The van der Waals surface area contributed by atoms with E-state index in [1.54, 1.807) is 26.2 Å². The second-order valence-corrected chi connectivity index (χ2v) is 4.94. The van der Waals surface area contributed by atoms with Crippen molar-refractivity contribution in [3.8, 4) is 11.5 Å². The summed E-state index contributed by atoms with van der Waals surface area (Å²) in [5.41, 5.74) is 1.41. The number of ether oxygens (including phenoxy) is 3. The normalized spacial score (nSPS) is 10.1. The molecule has 1 aromatic rings. The van der Waals surface area contributed by atoms with Crippen LogP contribution in [0.3, 0.4) is 0 Å². The van der Waals surface area contributed by atoms with Crippen molar-refractivity contribution >= 4 is 5.97 Å². The van der Waals surface area contributed by atoms with E-state index in [9.17, 15) is 4.79 Å². The van der Waals surface area contributed by atoms with Crippen LogP contribution in [-0.2, 0) is 11.2 Å². The van der Waals surface area contributed by atoms with E-state index in [1.807, 2.05) is 6.07 Å². The smallest absolute Gasteiger partial charge is 0.342 e. The Morgan fingerprint density at radius 1 is 1.27 bits per heavy atom. The Balaban J connectivity index is 3.21. The Bertz CT molecular complexity index is 494. The third kappa shape index (κ3) is 5.10. The molecule has 4 nitrogen and oxygen atoms in total. The van der Waals surface area contributed by atoms with Crippen LogP contribution in [0.4, 0.5) is 0 Å². The van der Waals surface area contributed by atoms with Gasteiger partial charge in [0.1, 0.15) is 23.7 Å². The van der Waals surface area contributed by atoms with Crippen molar-refractivity contribution in [1.82, 2.24) is 0 Å². The van der Waals surface area contributed by atoms with Gasteiger partial charge in [0, 0.05) is 6.07 Å². The van der Waals surface area contributed by atoms with Gasteiger partial charge in [-0.25, -0.2) is 4.79 Å². The van der Waals surface area contributed by atoms with Gasteiger partial charge < -0.3 is 14.2 Å². The van der Waals surface area contributed by atoms with Gasteiger partial charge >= 0.3 is 5.97 Å². The number of hydrogen-bond donors (Lipinski definition) is 0. The molecule has 0 bridgehead atoms. The molecular formula is C18H26O4. The highest BCUT2D eigenvalue weighted by Gasteiger charge is 2.20. The minimum atomic E-state index is -0.351. The molecule has 0 aliphatic carbocycles. The molecule has 1 aromatic carbocycles. The summed E-state index contributed by atoms with van der Waals surface area (Å²) in [6.07, 6.45) is 5.69. The van der Waals surface area contributed by atoms with Gasteiger partial charge in [0.25, 0.3) is 0 Å². The molecule has 0 N–H and O–H groups in total. The molecule has 122 valence electrons. The number of carbonyl (C=O) groups excluding carboxylic acids is 1. The van der Waals surface area contributed by atoms with Crippen LogP contribution in [0.1, 0.15) is 49.0 Å². The predicted molar refractivity (Wildman–Crippen MR) is 87.9 cm³/mol. The van der Waals surface area contributed by atoms with Crippen molar-refractivity contribution < 1.29 is 19.0 Å². The molecule has 0 aliphatic rings. The maximum absolute atomic E-state index is 12.3. The lowest BCUT2D eigenvalue weighted by Gasteiger charge is -2.16. The van der Waals surface area contributed by atoms with Crippen molar-refractivity contribution in [2.75, 3.05) is 20.3 Å². The largest absolute Gasteiger partial charge is 0.497 e. The lowest BCUT2D eigenvalue weighted by molar-refractivity contribution is 0.0520. The number of methoxy groups -OCH3 is 1. The first-order valence-corrected chi connectivity index (χ1v) is 7.79. The maximum atomic E-state index is 12.3. The van der Waals surface area contributed by atoms with Crippen LogP contribution in [0.2, 0.25) is 0 Å². The fourth-order valence-corrected chi connectivity index (χ4v) is 2.22. The summed E-state index contributed by atoms with van der Waals surface area (Å²) in [4.78, 5) is 12.3. The maximum Gasteiger partial charge on any atom is 0.342 e. The third-order valence-corrected chi connectivity index (χ3v) is 3.28. The van der Waals surface area contributed by atoms with Crippen LogP contribution in [0.5, 0.6) is 11.5 Å². The molecule has 0 atom stereocenters. The van der Waals surface area contributed by atoms with Crippen molar-refractivity contribution in [1.29, 1.82) is 0 Å². The number of benzene rings is 1. The summed E-state index contributed by atoms with van der Waals surface area (Å²) in [7, 11) is 1.60. The Morgan fingerprint density at radius 2 is 2.05 bits per heavy atom. The lowest BCUT2D eigenvalue weighted by Crippen LogP contribution is -2.12. The molecule has 0 unspecified atom stereocenters. The second kappa shape index (κ2) is 9.87. The van der Waals surface area contributed by atoms with Gasteiger partial charge in [0.05, 0.1) is 13.7 Å². The second-order valence-electron chi connectivity index (χ2n) is 4.94. The van der Waals surface area contributed by atoms with Gasteiger partial charge in [0.2, 0.25) is 0 Å². The zero-order chi connectivity index (χ0) is 16.4. The fourth-order valence-electron chi connectivity index (χ4n) is 2.22. The summed E-state index contributed by atoms with van der Waals surface area (Å²) in [6, 6.07) is 3.61. The molecule has 22 heavy (non-hydrogen) atoms. The molecule has 0 aliphatic heterocycles. The predicted octanol–water partition coefficient (Wildman–Crippen LogP) is 4.17. The van der Waals surface area contributed by atoms with Gasteiger partial charge in [0.15, 0.2) is 0 Å². The number of esters is 1. The summed E-state index contributed by atoms with van der Waals surface area (Å²) in [6.45, 7) is 8.24. The Labute approximate surface area is 133 Å². The lowest BCUT2D eigenvalue weighted by atomic mass is 9.99. The molecule has 0 fully saturated rings. The van der Waals surface area contributed by atoms with Crippen molar-refractivity contribution in [3.63, 3.8) is 0 Å². The quantitative estimate of drug-likeness (QED) is 0.370. The molecule has 0 spiro atoms. The third-order valence-electron chi connectivity index (χ3n) is 3.28. The van der Waals surface area contributed by atoms with E-state index in [0.717, 1.165) is 31.2 Å². The summed E-state index contributed by atoms with van der Waals surface area (Å²) in [5.74, 6) is 0.818. The molecule has 0 saturated heterocycles. The first-order valence-electron chi connectivity index (χ1n) is 7.79. The zero-order valence-corrected chi connectivity index (χ0v) is 13.8. The number of aryl methyl sites for hydroxylation is 1. The molecule has 0 amide bonds. The van der Waals surface area contributed by atoms with E-state index in [1.165, 1.54) is 0 Å². The van der Waals surface area contributed by atoms with Gasteiger partial charge in [-0.15, -0.1) is 0 Å². The van der Waals surface area contributed by atoms with Gasteiger partial charge in [-0.05, 0) is 31.4 Å². The summed E-state index contributed by atoms with van der Waals surface area (Å²) in [5, 5.41) is 0. The van der Waals surface area contributed by atoms with E-state index in [4.69, 9.17) is 14.2 Å². The number of hydrogen-bond acceptors (Lipinski definition) is 4. The van der Waals surface area contributed by atoms with Crippen LogP contribution >= 0.6 is 0 Å². The van der Waals surface area contributed by atoms with Crippen LogP contribution in [0, 0.1) is 0 Å². The summed E-state index contributed by atoms with van der Waals surface area (Å²) >= 11 is 0. The van der Waals surface area contributed by atoms with Gasteiger partial charge in [-0.1, -0.05) is 32.4 Å². The average molecular weight is 306 g/mol. The molecule has 4 heteroatoms. The fraction of sp³-hybridized carbons (Fsp3) is 0.500. The van der Waals surface area contributed by atoms with E-state index in [-0.39, 0.29) is 5.97 Å². The highest BCUT2D eigenvalue weighted by molar-refractivity contribution is 5.94. The van der Waals surface area contributed by atoms with E-state index >= 15 is 0 Å². The van der Waals surface area contributed by atoms with Crippen LogP contribution in [0.15, 0.2) is 24.8 Å². The number of carbonyl (C=O) groups is 1. The number of unbranched alkanes of at least 4 members (excludes halogenated alkanes) is 2. The van der Waals surface area contributed by atoms with Gasteiger partial charge in [-0.2, -0.15) is 0 Å². The SMILES string of the molecule is C=CCOc1cc(OC)cc(CCCCC)c1C(=O)OCC. The van der Waals surface area contributed by atoms with E-state index in [0.29, 0.717) is 30.3 Å². The average Bonchev–Trinajstić information content (AvgIpc) is 2.52. The Kier molecular flexibility index (Phi) is 8.11. The van der Waals surface area contributed by atoms with E-state index < -0.39 is 0 Å². The highest BCUT2D eigenvalue weighted by Crippen LogP contribution is 2.31. The molecule has 0 saturated carbocycles. The van der Waals surface area contributed by atoms with Crippen LogP contribution in [-0.4, -0.2) is 26.3 Å². The number of rotatable bonds is 10.